The van der Waals surface area contributed by atoms with Gasteiger partial charge >= 0.3 is 0 Å². The fourth-order valence-electron chi connectivity index (χ4n) is 4.61. The lowest BCUT2D eigenvalue weighted by Gasteiger charge is -2.12. The number of aromatic nitrogens is 5. The van der Waals surface area contributed by atoms with Crippen molar-refractivity contribution in [2.45, 2.75) is 0 Å². The second kappa shape index (κ2) is 11.2. The maximum absolute atomic E-state index is 10.6. The number of nitrogens with zero attached hydrogens (tertiary/aromatic N) is 5. The fourth-order valence-corrected chi connectivity index (χ4v) is 4.61. The summed E-state index contributed by atoms with van der Waals surface area (Å²) in [5.74, 6) is 1.10. The van der Waals surface area contributed by atoms with Gasteiger partial charge in [0.25, 0.3) is 0 Å². The van der Waals surface area contributed by atoms with Crippen LogP contribution in [0, 0.1) is 0 Å². The molecular formula is C33H25N7O2. The van der Waals surface area contributed by atoms with E-state index in [1.807, 2.05) is 48.5 Å². The number of hydrogen-bond acceptors (Lipinski definition) is 9. The van der Waals surface area contributed by atoms with Crippen molar-refractivity contribution in [1.82, 2.24) is 24.9 Å². The number of fused-ring (bicyclic) bond motifs is 1. The van der Waals surface area contributed by atoms with Crippen LogP contribution in [0.3, 0.4) is 0 Å². The van der Waals surface area contributed by atoms with Gasteiger partial charge in [0.1, 0.15) is 18.0 Å². The van der Waals surface area contributed by atoms with Gasteiger partial charge in [0.05, 0.1) is 11.4 Å². The summed E-state index contributed by atoms with van der Waals surface area (Å²) in [6.45, 7) is 7.77. The summed E-state index contributed by atoms with van der Waals surface area (Å²) in [5.41, 5.74) is 6.12. The molecule has 0 fully saturated rings. The van der Waals surface area contributed by atoms with Crippen LogP contribution < -0.4 is 10.6 Å². The summed E-state index contributed by atoms with van der Waals surface area (Å²) in [4.78, 5) is 22.5. The van der Waals surface area contributed by atoms with Crippen molar-refractivity contribution in [3.8, 4) is 45.1 Å². The molecule has 0 saturated carbocycles. The molecule has 6 rings (SSSR count). The zero-order chi connectivity index (χ0) is 29.1. The highest BCUT2D eigenvalue weighted by Crippen LogP contribution is 2.38. The van der Waals surface area contributed by atoms with Crippen molar-refractivity contribution in [1.29, 1.82) is 0 Å². The Morgan fingerprint density at radius 2 is 1.00 bits per heavy atom. The van der Waals surface area contributed by atoms with Crippen molar-refractivity contribution < 1.29 is 10.2 Å². The summed E-state index contributed by atoms with van der Waals surface area (Å²) < 4.78 is 0. The number of nitrogens with one attached hydrogen (secondary N) is 2. The molecule has 2 aliphatic heterocycles. The van der Waals surface area contributed by atoms with E-state index in [4.69, 9.17) is 0 Å². The second-order valence-electron chi connectivity index (χ2n) is 9.27. The van der Waals surface area contributed by atoms with E-state index in [-0.39, 0.29) is 23.1 Å². The summed E-state index contributed by atoms with van der Waals surface area (Å²) in [5, 5.41) is 27.5. The Morgan fingerprint density at radius 1 is 0.548 bits per heavy atom. The first-order valence-corrected chi connectivity index (χ1v) is 13.0. The zero-order valence-corrected chi connectivity index (χ0v) is 22.4. The molecule has 0 saturated heterocycles. The van der Waals surface area contributed by atoms with Gasteiger partial charge in [-0.3, -0.25) is 4.98 Å². The molecule has 2 aliphatic rings. The summed E-state index contributed by atoms with van der Waals surface area (Å²) in [6.07, 6.45) is 8.16. The highest BCUT2D eigenvalue weighted by atomic mass is 16.3. The van der Waals surface area contributed by atoms with E-state index in [1.165, 1.54) is 6.33 Å². The number of benzene rings is 2. The van der Waals surface area contributed by atoms with Gasteiger partial charge in [-0.05, 0) is 35.4 Å². The van der Waals surface area contributed by atoms with E-state index in [2.05, 4.69) is 48.7 Å². The minimum atomic E-state index is -0.0483. The molecular weight excluding hydrogens is 526 g/mol. The highest BCUT2D eigenvalue weighted by molar-refractivity contribution is 5.87. The highest BCUT2D eigenvalue weighted by Gasteiger charge is 2.19. The van der Waals surface area contributed by atoms with Gasteiger partial charge in [-0.1, -0.05) is 73.8 Å². The summed E-state index contributed by atoms with van der Waals surface area (Å²) in [6, 6.07) is 22.1. The zero-order valence-electron chi connectivity index (χ0n) is 22.4. The average molecular weight is 552 g/mol. The van der Waals surface area contributed by atoms with Crippen LogP contribution in [-0.2, 0) is 0 Å². The number of aromatic hydroxyl groups is 2. The molecule has 0 radical (unpaired) electrons. The lowest BCUT2D eigenvalue weighted by atomic mass is 10.0. The lowest BCUT2D eigenvalue weighted by molar-refractivity contribution is 0.475. The van der Waals surface area contributed by atoms with Gasteiger partial charge in [0, 0.05) is 34.6 Å². The maximum Gasteiger partial charge on any atom is 0.174 e. The van der Waals surface area contributed by atoms with Crippen LogP contribution in [-0.4, -0.2) is 35.1 Å². The smallest absolute Gasteiger partial charge is 0.174 e. The number of hydrogen-bond donors (Lipinski definition) is 4. The third-order valence-electron chi connectivity index (χ3n) is 6.72. The predicted molar refractivity (Wildman–Crippen MR) is 166 cm³/mol. The SMILES string of the molecule is C=Cc1ccccc1-c1ccc(O)c(Nc2ncnc(Nc3nc(-c4ccccc4C=C)ccc3O)c3cncc2-3)n1. The molecule has 204 valence electrons. The first-order valence-electron chi connectivity index (χ1n) is 13.0. The third kappa shape index (κ3) is 4.98. The van der Waals surface area contributed by atoms with Crippen LogP contribution in [0.2, 0.25) is 0 Å². The minimum Gasteiger partial charge on any atom is -0.504 e. The van der Waals surface area contributed by atoms with E-state index < -0.39 is 0 Å². The van der Waals surface area contributed by atoms with Gasteiger partial charge in [-0.25, -0.2) is 19.9 Å². The van der Waals surface area contributed by atoms with Crippen molar-refractivity contribution in [3.05, 3.63) is 116 Å². The molecule has 2 aromatic carbocycles. The molecule has 2 aromatic heterocycles. The molecule has 4 heterocycles. The quantitative estimate of drug-likeness (QED) is 0.154. The standard InChI is InChI=1S/C33H25N7O2/c1-3-20-9-5-7-11-22(20)26-13-15-28(41)32(37-26)39-30-24-17-34-18-25(24)31(36-19-35-30)40-33-29(42)16-14-27(38-33)23-12-8-6-10-21(23)4-2/h3-19,41-42H,1-2H2,(H2,35,36,37,38,39,40). The van der Waals surface area contributed by atoms with Crippen LogP contribution in [0.4, 0.5) is 23.3 Å². The van der Waals surface area contributed by atoms with E-state index in [0.717, 1.165) is 22.3 Å². The monoisotopic (exact) mass is 551 g/mol. The number of rotatable bonds is 8. The molecule has 0 spiro atoms. The Labute approximate surface area is 242 Å². The first kappa shape index (κ1) is 26.1. The molecule has 9 heteroatoms. The molecule has 0 aliphatic carbocycles. The van der Waals surface area contributed by atoms with E-state index in [1.54, 1.807) is 48.8 Å². The normalized spacial score (nSPS) is 10.8. The Kier molecular flexibility index (Phi) is 6.96. The first-order chi connectivity index (χ1) is 20.6. The Morgan fingerprint density at radius 3 is 1.45 bits per heavy atom. The van der Waals surface area contributed by atoms with Gasteiger partial charge in [-0.15, -0.1) is 0 Å². The van der Waals surface area contributed by atoms with Crippen LogP contribution >= 0.6 is 0 Å². The van der Waals surface area contributed by atoms with Crippen LogP contribution in [0.25, 0.3) is 45.8 Å². The van der Waals surface area contributed by atoms with E-state index >= 15 is 0 Å². The Balaban J connectivity index is 1.33. The second-order valence-corrected chi connectivity index (χ2v) is 9.27. The molecule has 0 atom stereocenters. The average Bonchev–Trinajstić information content (AvgIpc) is 3.46. The summed E-state index contributed by atoms with van der Waals surface area (Å²) >= 11 is 0. The van der Waals surface area contributed by atoms with Gasteiger partial charge in [0.2, 0.25) is 0 Å². The topological polar surface area (TPSA) is 129 Å². The third-order valence-corrected chi connectivity index (χ3v) is 6.72. The largest absolute Gasteiger partial charge is 0.504 e. The van der Waals surface area contributed by atoms with Crippen molar-refractivity contribution in [2.75, 3.05) is 10.6 Å². The maximum atomic E-state index is 10.6. The van der Waals surface area contributed by atoms with E-state index in [9.17, 15) is 10.2 Å². The van der Waals surface area contributed by atoms with E-state index in [0.29, 0.717) is 34.2 Å². The molecule has 42 heavy (non-hydrogen) atoms. The predicted octanol–water partition coefficient (Wildman–Crippen LogP) is 7.28. The van der Waals surface area contributed by atoms with Crippen molar-refractivity contribution >= 4 is 35.4 Å². The minimum absolute atomic E-state index is 0.0483. The van der Waals surface area contributed by atoms with Crippen LogP contribution in [0.5, 0.6) is 11.5 Å². The van der Waals surface area contributed by atoms with Gasteiger partial charge in [-0.2, -0.15) is 0 Å². The molecule has 0 bridgehead atoms. The fraction of sp³-hybridized carbons (Fsp3) is 0. The molecule has 0 unspecified atom stereocenters. The van der Waals surface area contributed by atoms with Crippen LogP contribution in [0.1, 0.15) is 11.1 Å². The van der Waals surface area contributed by atoms with Crippen LogP contribution in [0.15, 0.2) is 105 Å². The Hall–Kier alpha value is -6.09. The molecule has 9 nitrogen and oxygen atoms in total. The van der Waals surface area contributed by atoms with Crippen molar-refractivity contribution in [3.63, 3.8) is 0 Å². The molecule has 0 amide bonds. The van der Waals surface area contributed by atoms with Gasteiger partial charge in [0.15, 0.2) is 23.1 Å². The van der Waals surface area contributed by atoms with Crippen molar-refractivity contribution in [2.24, 2.45) is 0 Å². The lowest BCUT2D eigenvalue weighted by Crippen LogP contribution is -1.99. The molecule has 4 aromatic rings. The number of anilines is 4. The van der Waals surface area contributed by atoms with Gasteiger partial charge < -0.3 is 20.8 Å². The molecule has 4 N–H and O–H groups in total. The Bertz CT molecular complexity index is 1790. The number of pyridine rings is 2. The summed E-state index contributed by atoms with van der Waals surface area (Å²) in [7, 11) is 0.